The molecule has 9 heteroatoms. The number of benzene rings is 1. The van der Waals surface area contributed by atoms with Crippen molar-refractivity contribution in [1.29, 1.82) is 0 Å². The summed E-state index contributed by atoms with van der Waals surface area (Å²) in [5.41, 5.74) is -4.11. The van der Waals surface area contributed by atoms with Gasteiger partial charge >= 0.3 is 5.51 Å². The first-order valence-electron chi connectivity index (χ1n) is 7.34. The van der Waals surface area contributed by atoms with E-state index >= 15 is 0 Å². The van der Waals surface area contributed by atoms with Crippen LogP contribution in [0.5, 0.6) is 0 Å². The molecule has 1 aliphatic rings. The quantitative estimate of drug-likeness (QED) is 0.817. The highest BCUT2D eigenvalue weighted by Gasteiger charge is 2.29. The van der Waals surface area contributed by atoms with Crippen LogP contribution < -0.4 is 10.6 Å². The van der Waals surface area contributed by atoms with Crippen LogP contribution in [0.25, 0.3) is 0 Å². The van der Waals surface area contributed by atoms with E-state index in [2.05, 4.69) is 10.6 Å². The number of para-hydroxylation sites is 1. The molecular formula is C15H17F3N2O3S. The zero-order chi connectivity index (χ0) is 17.6. The normalized spacial score (nSPS) is 17.5. The fourth-order valence-corrected chi connectivity index (χ4v) is 2.60. The van der Waals surface area contributed by atoms with Crippen molar-refractivity contribution in [3.63, 3.8) is 0 Å². The van der Waals surface area contributed by atoms with Gasteiger partial charge in [0.25, 0.3) is 5.91 Å². The predicted molar refractivity (Wildman–Crippen MR) is 84.9 cm³/mol. The number of rotatable bonds is 6. The standard InChI is InChI=1S/C15H17F3N2O3S/c16-15(17,18)24-9-13(21)20-12-6-2-1-5-11(12)14(22)19-8-10-4-3-7-23-10/h1-2,5-6,10H,3-4,7-9H2,(H,19,22)(H,20,21). The van der Waals surface area contributed by atoms with E-state index in [1.54, 1.807) is 12.1 Å². The van der Waals surface area contributed by atoms with Crippen molar-refractivity contribution >= 4 is 29.3 Å². The molecule has 1 atom stereocenters. The summed E-state index contributed by atoms with van der Waals surface area (Å²) in [7, 11) is 0. The van der Waals surface area contributed by atoms with Crippen molar-refractivity contribution in [3.8, 4) is 0 Å². The second kappa shape index (κ2) is 8.39. The molecule has 2 N–H and O–H groups in total. The zero-order valence-electron chi connectivity index (χ0n) is 12.7. The molecule has 5 nitrogen and oxygen atoms in total. The summed E-state index contributed by atoms with van der Waals surface area (Å²) in [6, 6.07) is 6.17. The van der Waals surface area contributed by atoms with Crippen LogP contribution in [0.1, 0.15) is 23.2 Å². The number of hydrogen-bond donors (Lipinski definition) is 2. The minimum absolute atomic E-state index is 0.0288. The lowest BCUT2D eigenvalue weighted by atomic mass is 10.1. The van der Waals surface area contributed by atoms with E-state index in [0.717, 1.165) is 12.8 Å². The van der Waals surface area contributed by atoms with Gasteiger partial charge in [-0.15, -0.1) is 0 Å². The number of carbonyl (C=O) groups excluding carboxylic acids is 2. The highest BCUT2D eigenvalue weighted by atomic mass is 32.2. The fraction of sp³-hybridized carbons (Fsp3) is 0.467. The predicted octanol–water partition coefficient (Wildman–Crippen LogP) is 2.79. The number of amides is 2. The van der Waals surface area contributed by atoms with Gasteiger partial charge in [0.1, 0.15) is 0 Å². The minimum Gasteiger partial charge on any atom is -0.376 e. The van der Waals surface area contributed by atoms with Gasteiger partial charge in [0.05, 0.1) is 23.1 Å². The summed E-state index contributed by atoms with van der Waals surface area (Å²) in [6.07, 6.45) is 1.79. The Morgan fingerprint density at radius 1 is 1.29 bits per heavy atom. The molecule has 0 spiro atoms. The van der Waals surface area contributed by atoms with E-state index in [1.807, 2.05) is 0 Å². The van der Waals surface area contributed by atoms with Crippen molar-refractivity contribution < 1.29 is 27.5 Å². The molecule has 1 fully saturated rings. The Balaban J connectivity index is 1.93. The van der Waals surface area contributed by atoms with Gasteiger partial charge in [-0.1, -0.05) is 12.1 Å². The van der Waals surface area contributed by atoms with Gasteiger partial charge in [0, 0.05) is 13.2 Å². The van der Waals surface area contributed by atoms with Crippen LogP contribution in [0, 0.1) is 0 Å². The fourth-order valence-electron chi connectivity index (χ4n) is 2.23. The van der Waals surface area contributed by atoms with Crippen LogP contribution in [0.2, 0.25) is 0 Å². The van der Waals surface area contributed by atoms with Crippen LogP contribution >= 0.6 is 11.8 Å². The molecule has 1 unspecified atom stereocenters. The number of thioether (sulfide) groups is 1. The Kier molecular flexibility index (Phi) is 6.50. The first-order valence-corrected chi connectivity index (χ1v) is 8.33. The molecule has 0 bridgehead atoms. The number of carbonyl (C=O) groups is 2. The Morgan fingerprint density at radius 3 is 2.71 bits per heavy atom. The monoisotopic (exact) mass is 362 g/mol. The third-order valence-electron chi connectivity index (χ3n) is 3.33. The average Bonchev–Trinajstić information content (AvgIpc) is 3.04. The van der Waals surface area contributed by atoms with E-state index in [9.17, 15) is 22.8 Å². The number of ether oxygens (including phenoxy) is 1. The second-order valence-electron chi connectivity index (χ2n) is 5.17. The van der Waals surface area contributed by atoms with Gasteiger partial charge in [-0.3, -0.25) is 9.59 Å². The SMILES string of the molecule is O=C(CSC(F)(F)F)Nc1ccccc1C(=O)NCC1CCCO1. The average molecular weight is 362 g/mol. The molecule has 2 rings (SSSR count). The molecule has 24 heavy (non-hydrogen) atoms. The van der Waals surface area contributed by atoms with Crippen molar-refractivity contribution in [3.05, 3.63) is 29.8 Å². The van der Waals surface area contributed by atoms with Crippen molar-refractivity contribution in [1.82, 2.24) is 5.32 Å². The molecule has 1 aromatic carbocycles. The molecule has 1 heterocycles. The van der Waals surface area contributed by atoms with E-state index in [4.69, 9.17) is 4.74 Å². The lowest BCUT2D eigenvalue weighted by molar-refractivity contribution is -0.114. The van der Waals surface area contributed by atoms with E-state index < -0.39 is 34.8 Å². The molecule has 0 saturated carbocycles. The van der Waals surface area contributed by atoms with Crippen LogP contribution in [-0.2, 0) is 9.53 Å². The maximum absolute atomic E-state index is 12.2. The smallest absolute Gasteiger partial charge is 0.376 e. The first kappa shape index (κ1) is 18.6. The van der Waals surface area contributed by atoms with E-state index in [0.29, 0.717) is 13.2 Å². The number of hydrogen-bond acceptors (Lipinski definition) is 4. The van der Waals surface area contributed by atoms with Crippen molar-refractivity contribution in [2.24, 2.45) is 0 Å². The molecule has 2 amide bonds. The van der Waals surface area contributed by atoms with Crippen LogP contribution in [0.4, 0.5) is 18.9 Å². The summed E-state index contributed by atoms with van der Waals surface area (Å²) in [6.45, 7) is 1.02. The molecular weight excluding hydrogens is 345 g/mol. The van der Waals surface area contributed by atoms with Crippen LogP contribution in [0.15, 0.2) is 24.3 Å². The number of alkyl halides is 3. The summed E-state index contributed by atoms with van der Waals surface area (Å²) in [5.74, 6) is -2.00. The Labute approximate surface area is 141 Å². The molecule has 1 aromatic rings. The summed E-state index contributed by atoms with van der Waals surface area (Å²) in [5, 5.41) is 5.05. The lowest BCUT2D eigenvalue weighted by Crippen LogP contribution is -2.32. The van der Waals surface area contributed by atoms with Gasteiger partial charge in [-0.25, -0.2) is 0 Å². The van der Waals surface area contributed by atoms with Crippen LogP contribution in [0.3, 0.4) is 0 Å². The van der Waals surface area contributed by atoms with E-state index in [-0.39, 0.29) is 17.4 Å². The Morgan fingerprint density at radius 2 is 2.04 bits per heavy atom. The third kappa shape index (κ3) is 6.04. The second-order valence-corrected chi connectivity index (χ2v) is 6.21. The minimum atomic E-state index is -4.48. The highest BCUT2D eigenvalue weighted by Crippen LogP contribution is 2.30. The van der Waals surface area contributed by atoms with Gasteiger partial charge in [0.2, 0.25) is 5.91 Å². The molecule has 1 aliphatic heterocycles. The number of nitrogens with one attached hydrogen (secondary N) is 2. The Bertz CT molecular complexity index is 590. The number of halogens is 3. The molecule has 132 valence electrons. The van der Waals surface area contributed by atoms with Gasteiger partial charge in [0.15, 0.2) is 0 Å². The molecule has 1 saturated heterocycles. The van der Waals surface area contributed by atoms with Crippen molar-refractivity contribution in [2.45, 2.75) is 24.5 Å². The lowest BCUT2D eigenvalue weighted by Gasteiger charge is -2.14. The largest absolute Gasteiger partial charge is 0.442 e. The molecule has 0 radical (unpaired) electrons. The van der Waals surface area contributed by atoms with Crippen molar-refractivity contribution in [2.75, 3.05) is 24.2 Å². The number of anilines is 1. The Hall–Kier alpha value is -1.74. The molecule has 0 aliphatic carbocycles. The van der Waals surface area contributed by atoms with Gasteiger partial charge < -0.3 is 15.4 Å². The van der Waals surface area contributed by atoms with E-state index in [1.165, 1.54) is 12.1 Å². The maximum Gasteiger partial charge on any atom is 0.442 e. The zero-order valence-corrected chi connectivity index (χ0v) is 13.5. The third-order valence-corrected chi connectivity index (χ3v) is 4.06. The van der Waals surface area contributed by atoms with Crippen LogP contribution in [-0.4, -0.2) is 42.3 Å². The van der Waals surface area contributed by atoms with Gasteiger partial charge in [-0.05, 0) is 36.7 Å². The van der Waals surface area contributed by atoms with Gasteiger partial charge in [-0.2, -0.15) is 13.2 Å². The highest BCUT2D eigenvalue weighted by molar-refractivity contribution is 8.00. The molecule has 0 aromatic heterocycles. The maximum atomic E-state index is 12.2. The topological polar surface area (TPSA) is 67.4 Å². The summed E-state index contributed by atoms with van der Waals surface area (Å²) in [4.78, 5) is 23.8. The first-order chi connectivity index (χ1) is 11.3. The summed E-state index contributed by atoms with van der Waals surface area (Å²) < 4.78 is 41.8. The summed E-state index contributed by atoms with van der Waals surface area (Å²) >= 11 is -0.427.